The van der Waals surface area contributed by atoms with Crippen LogP contribution in [-0.2, 0) is 10.8 Å². The highest BCUT2D eigenvalue weighted by atomic mass is 32.2. The van der Waals surface area contributed by atoms with Crippen molar-refractivity contribution in [3.8, 4) is 0 Å². The maximum atomic E-state index is 13.1. The topological polar surface area (TPSA) is 67.5 Å². The molecule has 0 spiro atoms. The number of aliphatic imine (C=N–C) groups is 1. The van der Waals surface area contributed by atoms with Gasteiger partial charge in [-0.05, 0) is 18.2 Å². The van der Waals surface area contributed by atoms with Crippen molar-refractivity contribution in [1.29, 1.82) is 0 Å². The van der Waals surface area contributed by atoms with Gasteiger partial charge in [-0.2, -0.15) is 0 Å². The highest BCUT2D eigenvalue weighted by Crippen LogP contribution is 2.21. The maximum absolute atomic E-state index is 13.1. The maximum Gasteiger partial charge on any atom is 0.143 e. The summed E-state index contributed by atoms with van der Waals surface area (Å²) < 4.78 is 24.9. The molecule has 1 aliphatic rings. The summed E-state index contributed by atoms with van der Waals surface area (Å²) in [6, 6.07) is 6.01. The number of amidine groups is 1. The van der Waals surface area contributed by atoms with Crippen LogP contribution in [0.1, 0.15) is 6.42 Å². The average molecular weight is 267 g/mol. The minimum absolute atomic E-state index is 0.343. The lowest BCUT2D eigenvalue weighted by Gasteiger charge is -2.10. The molecule has 96 valence electrons. The van der Waals surface area contributed by atoms with Crippen LogP contribution in [0.5, 0.6) is 0 Å². The average Bonchev–Trinajstić information content (AvgIpc) is 2.67. The van der Waals surface area contributed by atoms with Gasteiger partial charge in [0.05, 0.1) is 15.7 Å². The van der Waals surface area contributed by atoms with Crippen molar-refractivity contribution in [3.05, 3.63) is 40.7 Å². The Morgan fingerprint density at radius 3 is 2.89 bits per heavy atom. The summed E-state index contributed by atoms with van der Waals surface area (Å²) in [7, 11) is 0.449. The van der Waals surface area contributed by atoms with Crippen LogP contribution in [0.2, 0.25) is 0 Å². The molecule has 0 radical (unpaired) electrons. The molecular weight excluding hydrogens is 253 g/mol. The van der Waals surface area contributed by atoms with Gasteiger partial charge in [0.1, 0.15) is 11.7 Å². The van der Waals surface area contributed by atoms with E-state index in [0.717, 1.165) is 0 Å². The number of halogens is 1. The summed E-state index contributed by atoms with van der Waals surface area (Å²) in [4.78, 5) is 4.58. The number of allylic oxidation sites excluding steroid dienone is 1. The van der Waals surface area contributed by atoms with E-state index in [0.29, 0.717) is 34.3 Å². The van der Waals surface area contributed by atoms with Gasteiger partial charge >= 0.3 is 0 Å². The van der Waals surface area contributed by atoms with E-state index in [1.165, 1.54) is 12.1 Å². The van der Waals surface area contributed by atoms with E-state index < -0.39 is 10.8 Å². The van der Waals surface area contributed by atoms with Gasteiger partial charge in [-0.1, -0.05) is 6.07 Å². The molecule has 18 heavy (non-hydrogen) atoms. The number of hydrogen-bond acceptors (Lipinski definition) is 3. The second-order valence-corrected chi connectivity index (χ2v) is 5.37. The summed E-state index contributed by atoms with van der Waals surface area (Å²) in [6.45, 7) is 0. The number of nitrogens with one attached hydrogen (secondary N) is 1. The Morgan fingerprint density at radius 2 is 2.33 bits per heavy atom. The summed E-state index contributed by atoms with van der Waals surface area (Å²) in [5, 5.41) is 2.95. The molecule has 3 N–H and O–H groups in total. The minimum Gasteiger partial charge on any atom is -0.401 e. The van der Waals surface area contributed by atoms with Crippen LogP contribution in [0, 0.1) is 5.82 Å². The molecule has 0 aromatic heterocycles. The first-order valence-electron chi connectivity index (χ1n) is 5.48. The molecule has 1 aromatic carbocycles. The molecule has 6 heteroatoms. The molecule has 1 unspecified atom stereocenters. The van der Waals surface area contributed by atoms with E-state index in [1.807, 2.05) is 0 Å². The Bertz CT molecular complexity index is 554. The third-order valence-electron chi connectivity index (χ3n) is 2.60. The number of anilines is 1. The lowest BCUT2D eigenvalue weighted by Crippen LogP contribution is -2.19. The number of rotatable bonds is 2. The molecule has 0 saturated carbocycles. The first-order chi connectivity index (χ1) is 8.61. The van der Waals surface area contributed by atoms with Crippen LogP contribution in [0.3, 0.4) is 0 Å². The highest BCUT2D eigenvalue weighted by Gasteiger charge is 2.24. The number of nitrogens with two attached hydrogens (primary N) is 1. The lowest BCUT2D eigenvalue weighted by molar-refractivity contribution is 0.628. The van der Waals surface area contributed by atoms with E-state index in [4.69, 9.17) is 5.73 Å². The third kappa shape index (κ3) is 2.59. The molecule has 2 rings (SSSR count). The van der Waals surface area contributed by atoms with Crippen LogP contribution in [0.15, 0.2) is 39.9 Å². The summed E-state index contributed by atoms with van der Waals surface area (Å²) in [6.07, 6.45) is 0.603. The molecule has 1 atom stereocenters. The van der Waals surface area contributed by atoms with Crippen molar-refractivity contribution in [2.45, 2.75) is 6.42 Å². The fourth-order valence-corrected chi connectivity index (χ4v) is 3.10. The fourth-order valence-electron chi connectivity index (χ4n) is 1.74. The standard InChI is InChI=1S/C12H14FN3OS/c1-15-12(11-10(14)5-6-18(11)17)16-9-4-2-3-8(13)7-9/h2-4,7H,5-6,14H2,1H3,(H,15,16). The van der Waals surface area contributed by atoms with Crippen molar-refractivity contribution < 1.29 is 8.60 Å². The molecule has 1 heterocycles. The van der Waals surface area contributed by atoms with E-state index in [2.05, 4.69) is 10.3 Å². The van der Waals surface area contributed by atoms with Crippen LogP contribution < -0.4 is 11.1 Å². The second-order valence-electron chi connectivity index (χ2n) is 3.86. The minimum atomic E-state index is -1.13. The Balaban J connectivity index is 2.27. The van der Waals surface area contributed by atoms with Gasteiger partial charge in [-0.3, -0.25) is 9.20 Å². The summed E-state index contributed by atoms with van der Waals surface area (Å²) >= 11 is 0. The summed E-state index contributed by atoms with van der Waals surface area (Å²) in [5.41, 5.74) is 6.96. The summed E-state index contributed by atoms with van der Waals surface area (Å²) in [5.74, 6) is 0.615. The van der Waals surface area contributed by atoms with Crippen molar-refractivity contribution in [2.24, 2.45) is 10.7 Å². The van der Waals surface area contributed by atoms with Crippen molar-refractivity contribution in [3.63, 3.8) is 0 Å². The van der Waals surface area contributed by atoms with Gasteiger partial charge < -0.3 is 11.1 Å². The molecule has 0 bridgehead atoms. The molecule has 1 aromatic rings. The normalized spacial score (nSPS) is 20.3. The molecular formula is C12H14FN3OS. The van der Waals surface area contributed by atoms with Crippen LogP contribution in [0.25, 0.3) is 0 Å². The van der Waals surface area contributed by atoms with Crippen molar-refractivity contribution in [2.75, 3.05) is 18.1 Å². The Kier molecular flexibility index (Phi) is 3.76. The van der Waals surface area contributed by atoms with Crippen LogP contribution >= 0.6 is 0 Å². The first-order valence-corrected chi connectivity index (χ1v) is 6.80. The van der Waals surface area contributed by atoms with Gasteiger partial charge in [0.25, 0.3) is 0 Å². The number of hydrogen-bond donors (Lipinski definition) is 2. The zero-order valence-corrected chi connectivity index (χ0v) is 10.8. The third-order valence-corrected chi connectivity index (χ3v) is 4.09. The van der Waals surface area contributed by atoms with Crippen molar-refractivity contribution in [1.82, 2.24) is 0 Å². The van der Waals surface area contributed by atoms with E-state index in [9.17, 15) is 8.60 Å². The predicted molar refractivity (Wildman–Crippen MR) is 72.2 cm³/mol. The Morgan fingerprint density at radius 1 is 1.56 bits per heavy atom. The molecule has 4 nitrogen and oxygen atoms in total. The number of benzene rings is 1. The van der Waals surface area contributed by atoms with Gasteiger partial charge in [-0.25, -0.2) is 4.39 Å². The first kappa shape index (κ1) is 12.8. The largest absolute Gasteiger partial charge is 0.401 e. The zero-order chi connectivity index (χ0) is 13.1. The number of nitrogens with zero attached hydrogens (tertiary/aromatic N) is 1. The second kappa shape index (κ2) is 5.30. The predicted octanol–water partition coefficient (Wildman–Crippen LogP) is 1.59. The SMILES string of the molecule is CN=C(Nc1cccc(F)c1)C1=C(N)CCS1=O. The molecule has 0 aliphatic carbocycles. The Labute approximate surface area is 107 Å². The highest BCUT2D eigenvalue weighted by molar-refractivity contribution is 7.90. The van der Waals surface area contributed by atoms with Crippen molar-refractivity contribution >= 4 is 22.3 Å². The quantitative estimate of drug-likeness (QED) is 0.631. The smallest absolute Gasteiger partial charge is 0.143 e. The van der Waals surface area contributed by atoms with Gasteiger partial charge in [0.2, 0.25) is 0 Å². The van der Waals surface area contributed by atoms with E-state index in [-0.39, 0.29) is 5.82 Å². The van der Waals surface area contributed by atoms with Crippen LogP contribution in [0.4, 0.5) is 10.1 Å². The molecule has 0 saturated heterocycles. The van der Waals surface area contributed by atoms with Gasteiger partial charge in [-0.15, -0.1) is 0 Å². The fraction of sp³-hybridized carbons (Fsp3) is 0.250. The monoisotopic (exact) mass is 267 g/mol. The van der Waals surface area contributed by atoms with E-state index >= 15 is 0 Å². The van der Waals surface area contributed by atoms with Gasteiger partial charge in [0, 0.05) is 30.6 Å². The molecule has 0 fully saturated rings. The van der Waals surface area contributed by atoms with Crippen LogP contribution in [-0.4, -0.2) is 22.8 Å². The van der Waals surface area contributed by atoms with E-state index in [1.54, 1.807) is 19.2 Å². The Hall–Kier alpha value is -1.69. The lowest BCUT2D eigenvalue weighted by atomic mass is 10.3. The van der Waals surface area contributed by atoms with Gasteiger partial charge in [0.15, 0.2) is 0 Å². The zero-order valence-electron chi connectivity index (χ0n) is 9.94. The molecule has 1 aliphatic heterocycles. The molecule has 0 amide bonds.